The Balaban J connectivity index is 1.51. The fraction of sp³-hybridized carbons (Fsp3) is 0.286. The van der Waals surface area contributed by atoms with Gasteiger partial charge < -0.3 is 10.3 Å². The molecule has 9 nitrogen and oxygen atoms in total. The molecule has 2 heterocycles. The van der Waals surface area contributed by atoms with Gasteiger partial charge in [-0.05, 0) is 43.7 Å². The number of carbonyl (C=O) groups is 3. The molecule has 3 amide bonds. The van der Waals surface area contributed by atoms with Crippen LogP contribution >= 0.6 is 11.8 Å². The highest BCUT2D eigenvalue weighted by molar-refractivity contribution is 8.18. The first kappa shape index (κ1) is 22.3. The van der Waals surface area contributed by atoms with Crippen LogP contribution in [0.2, 0.25) is 0 Å². The van der Waals surface area contributed by atoms with E-state index < -0.39 is 11.2 Å². The van der Waals surface area contributed by atoms with Gasteiger partial charge in [0.2, 0.25) is 5.91 Å². The molecule has 1 aromatic carbocycles. The van der Waals surface area contributed by atoms with Gasteiger partial charge in [-0.2, -0.15) is 0 Å². The van der Waals surface area contributed by atoms with Gasteiger partial charge in [0.15, 0.2) is 0 Å². The number of imide groups is 1. The Hall–Kier alpha value is -3.40. The van der Waals surface area contributed by atoms with Gasteiger partial charge in [0.25, 0.3) is 16.7 Å². The van der Waals surface area contributed by atoms with Crippen molar-refractivity contribution in [2.24, 2.45) is 0 Å². The highest BCUT2D eigenvalue weighted by atomic mass is 32.2. The van der Waals surface area contributed by atoms with Gasteiger partial charge in [-0.25, -0.2) is 4.79 Å². The summed E-state index contributed by atoms with van der Waals surface area (Å²) in [6.45, 7) is 3.72. The molecule has 0 aliphatic carbocycles. The first-order valence-corrected chi connectivity index (χ1v) is 10.5. The maximum Gasteiger partial charge on any atom is 0.325 e. The predicted octanol–water partition coefficient (Wildman–Crippen LogP) is 1.47. The lowest BCUT2D eigenvalue weighted by molar-refractivity contribution is -0.124. The molecule has 162 valence electrons. The minimum Gasteiger partial charge on any atom is -0.354 e. The molecular formula is C21H22N4O5S. The van der Waals surface area contributed by atoms with Gasteiger partial charge in [-0.1, -0.05) is 29.8 Å². The van der Waals surface area contributed by atoms with Gasteiger partial charge >= 0.3 is 5.69 Å². The van der Waals surface area contributed by atoms with Crippen LogP contribution in [-0.4, -0.2) is 45.0 Å². The average molecular weight is 442 g/mol. The molecule has 31 heavy (non-hydrogen) atoms. The van der Waals surface area contributed by atoms with Crippen LogP contribution in [0.25, 0.3) is 6.08 Å². The molecule has 3 rings (SSSR count). The summed E-state index contributed by atoms with van der Waals surface area (Å²) < 4.78 is 0. The number of thioether (sulfide) groups is 1. The highest BCUT2D eigenvalue weighted by Gasteiger charge is 2.34. The predicted molar refractivity (Wildman–Crippen MR) is 118 cm³/mol. The zero-order chi connectivity index (χ0) is 22.5. The maximum atomic E-state index is 12.5. The van der Waals surface area contributed by atoms with Crippen molar-refractivity contribution < 1.29 is 14.4 Å². The standard InChI is InChI=1S/C21H22N4O5S/c1-12-3-5-14(6-4-12)11-16-19(28)25(21(30)31-16)10-9-22-17(26)8-7-15-13(2)23-20(29)24-18(15)27/h3-6,11H,7-10H2,1-2H3,(H,22,26)(H2,23,24,27,29)/b16-11-. The van der Waals surface area contributed by atoms with Gasteiger partial charge in [-0.3, -0.25) is 29.1 Å². The Bertz CT molecular complexity index is 1160. The van der Waals surface area contributed by atoms with Crippen LogP contribution in [0.5, 0.6) is 0 Å². The quantitative estimate of drug-likeness (QED) is 0.556. The number of benzene rings is 1. The molecule has 1 aliphatic heterocycles. The number of hydrogen-bond acceptors (Lipinski definition) is 6. The lowest BCUT2D eigenvalue weighted by Gasteiger charge is -2.13. The normalized spacial score (nSPS) is 15.0. The molecule has 1 aliphatic rings. The molecule has 2 aromatic rings. The van der Waals surface area contributed by atoms with Gasteiger partial charge in [0.1, 0.15) is 0 Å². The van der Waals surface area contributed by atoms with Crippen molar-refractivity contribution in [1.82, 2.24) is 20.2 Å². The lowest BCUT2D eigenvalue weighted by atomic mass is 10.1. The van der Waals surface area contributed by atoms with Crippen LogP contribution in [0.3, 0.4) is 0 Å². The first-order chi connectivity index (χ1) is 14.7. The third kappa shape index (κ3) is 5.60. The molecule has 0 radical (unpaired) electrons. The Morgan fingerprint density at radius 3 is 2.48 bits per heavy atom. The third-order valence-corrected chi connectivity index (χ3v) is 5.67. The Morgan fingerprint density at radius 1 is 1.10 bits per heavy atom. The monoisotopic (exact) mass is 442 g/mol. The number of nitrogens with zero attached hydrogens (tertiary/aromatic N) is 1. The van der Waals surface area contributed by atoms with Crippen LogP contribution < -0.4 is 16.6 Å². The molecule has 0 atom stereocenters. The van der Waals surface area contributed by atoms with Crippen molar-refractivity contribution in [2.45, 2.75) is 26.7 Å². The summed E-state index contributed by atoms with van der Waals surface area (Å²) in [7, 11) is 0. The van der Waals surface area contributed by atoms with Crippen molar-refractivity contribution in [2.75, 3.05) is 13.1 Å². The van der Waals surface area contributed by atoms with E-state index in [1.807, 2.05) is 31.2 Å². The minimum atomic E-state index is -0.593. The second kappa shape index (κ2) is 9.61. The summed E-state index contributed by atoms with van der Waals surface area (Å²) in [5.74, 6) is -0.715. The van der Waals surface area contributed by atoms with Crippen molar-refractivity contribution in [3.63, 3.8) is 0 Å². The van der Waals surface area contributed by atoms with E-state index in [0.29, 0.717) is 16.2 Å². The Morgan fingerprint density at radius 2 is 1.81 bits per heavy atom. The molecule has 1 saturated heterocycles. The number of hydrogen-bond donors (Lipinski definition) is 3. The zero-order valence-corrected chi connectivity index (χ0v) is 17.9. The fourth-order valence-corrected chi connectivity index (χ4v) is 3.93. The van der Waals surface area contributed by atoms with E-state index in [9.17, 15) is 24.0 Å². The van der Waals surface area contributed by atoms with Crippen molar-refractivity contribution >= 4 is 34.9 Å². The Labute approximate surface area is 181 Å². The molecule has 0 saturated carbocycles. The summed E-state index contributed by atoms with van der Waals surface area (Å²) >= 11 is 0.870. The molecule has 3 N–H and O–H groups in total. The SMILES string of the molecule is Cc1ccc(/C=C2\SC(=O)N(CCNC(=O)CCc3c(C)[nH]c(=O)[nH]c3=O)C2=O)cc1. The van der Waals surface area contributed by atoms with Gasteiger partial charge in [-0.15, -0.1) is 0 Å². The highest BCUT2D eigenvalue weighted by Crippen LogP contribution is 2.31. The smallest absolute Gasteiger partial charge is 0.325 e. The molecular weight excluding hydrogens is 420 g/mol. The number of aromatic nitrogens is 2. The molecule has 0 unspecified atom stereocenters. The van der Waals surface area contributed by atoms with E-state index in [1.165, 1.54) is 0 Å². The molecule has 1 fully saturated rings. The number of nitrogens with one attached hydrogen (secondary N) is 3. The van der Waals surface area contributed by atoms with Crippen molar-refractivity contribution in [3.05, 3.63) is 72.4 Å². The van der Waals surface area contributed by atoms with Gasteiger partial charge in [0, 0.05) is 30.8 Å². The average Bonchev–Trinajstić information content (AvgIpc) is 2.96. The number of amides is 3. The number of rotatable bonds is 7. The summed E-state index contributed by atoms with van der Waals surface area (Å²) in [5.41, 5.74) is 1.57. The Kier molecular flexibility index (Phi) is 6.91. The topological polar surface area (TPSA) is 132 Å². The van der Waals surface area contributed by atoms with E-state index in [0.717, 1.165) is 27.8 Å². The van der Waals surface area contributed by atoms with Crippen LogP contribution in [-0.2, 0) is 16.0 Å². The number of aryl methyl sites for hydroxylation is 2. The van der Waals surface area contributed by atoms with Gasteiger partial charge in [0.05, 0.1) is 4.91 Å². The number of H-pyrrole nitrogens is 2. The molecule has 0 spiro atoms. The van der Waals surface area contributed by atoms with Crippen LogP contribution in [0.4, 0.5) is 4.79 Å². The van der Waals surface area contributed by atoms with Crippen LogP contribution in [0.1, 0.15) is 28.8 Å². The first-order valence-electron chi connectivity index (χ1n) is 9.65. The summed E-state index contributed by atoms with van der Waals surface area (Å²) in [4.78, 5) is 65.8. The fourth-order valence-electron chi connectivity index (χ4n) is 3.07. The van der Waals surface area contributed by atoms with Crippen LogP contribution in [0.15, 0.2) is 38.8 Å². The largest absolute Gasteiger partial charge is 0.354 e. The molecule has 1 aromatic heterocycles. The van der Waals surface area contributed by atoms with Crippen molar-refractivity contribution in [3.8, 4) is 0 Å². The van der Waals surface area contributed by atoms with E-state index in [-0.39, 0.29) is 43.0 Å². The zero-order valence-electron chi connectivity index (χ0n) is 17.1. The molecule has 0 bridgehead atoms. The summed E-state index contributed by atoms with van der Waals surface area (Å²) in [6.07, 6.45) is 1.86. The second-order valence-electron chi connectivity index (χ2n) is 7.11. The van der Waals surface area contributed by atoms with E-state index in [1.54, 1.807) is 13.0 Å². The summed E-state index contributed by atoms with van der Waals surface area (Å²) in [6, 6.07) is 7.60. The third-order valence-electron chi connectivity index (χ3n) is 4.76. The van der Waals surface area contributed by atoms with Crippen molar-refractivity contribution in [1.29, 1.82) is 0 Å². The van der Waals surface area contributed by atoms with E-state index in [4.69, 9.17) is 0 Å². The minimum absolute atomic E-state index is 0.0329. The number of aromatic amines is 2. The number of carbonyl (C=O) groups excluding carboxylic acids is 3. The summed E-state index contributed by atoms with van der Waals surface area (Å²) in [5, 5.41) is 2.26. The lowest BCUT2D eigenvalue weighted by Crippen LogP contribution is -2.37. The van der Waals surface area contributed by atoms with E-state index in [2.05, 4.69) is 15.3 Å². The van der Waals surface area contributed by atoms with Crippen LogP contribution in [0, 0.1) is 13.8 Å². The maximum absolute atomic E-state index is 12.5. The second-order valence-corrected chi connectivity index (χ2v) is 8.10. The van der Waals surface area contributed by atoms with E-state index >= 15 is 0 Å². The molecule has 10 heteroatoms.